The van der Waals surface area contributed by atoms with Crippen molar-refractivity contribution in [2.75, 3.05) is 13.1 Å². The Kier molecular flexibility index (Phi) is 4.60. The lowest BCUT2D eigenvalue weighted by atomic mass is 9.96. The molecule has 3 rings (SSSR count). The fourth-order valence-corrected chi connectivity index (χ4v) is 3.18. The van der Waals surface area contributed by atoms with Crippen LogP contribution in [0.2, 0.25) is 0 Å². The van der Waals surface area contributed by atoms with Gasteiger partial charge >= 0.3 is 5.97 Å². The molecule has 4 nitrogen and oxygen atoms in total. The highest BCUT2D eigenvalue weighted by Gasteiger charge is 2.26. The van der Waals surface area contributed by atoms with Gasteiger partial charge in [0.25, 0.3) is 0 Å². The SMILES string of the molecule is O=C(O)C1CCN(C(=O)CCc2ccc3ccccc3c2)CC1. The zero-order valence-corrected chi connectivity index (χ0v) is 13.1. The van der Waals surface area contributed by atoms with Crippen LogP contribution < -0.4 is 0 Å². The minimum absolute atomic E-state index is 0.127. The molecule has 0 aromatic heterocycles. The maximum Gasteiger partial charge on any atom is 0.306 e. The smallest absolute Gasteiger partial charge is 0.306 e. The second-order valence-corrected chi connectivity index (χ2v) is 6.17. The molecule has 0 saturated carbocycles. The second-order valence-electron chi connectivity index (χ2n) is 6.17. The summed E-state index contributed by atoms with van der Waals surface area (Å²) in [4.78, 5) is 25.0. The van der Waals surface area contributed by atoms with Crippen LogP contribution in [0.15, 0.2) is 42.5 Å². The van der Waals surface area contributed by atoms with Crippen molar-refractivity contribution in [1.29, 1.82) is 0 Å². The van der Waals surface area contributed by atoms with Gasteiger partial charge in [0, 0.05) is 19.5 Å². The van der Waals surface area contributed by atoms with E-state index in [1.54, 1.807) is 4.90 Å². The highest BCUT2D eigenvalue weighted by molar-refractivity contribution is 5.83. The quantitative estimate of drug-likeness (QED) is 0.944. The van der Waals surface area contributed by atoms with Crippen LogP contribution in [0.4, 0.5) is 0 Å². The van der Waals surface area contributed by atoms with Crippen LogP contribution in [0.1, 0.15) is 24.8 Å². The van der Waals surface area contributed by atoms with E-state index in [2.05, 4.69) is 30.3 Å². The molecule has 4 heteroatoms. The summed E-state index contributed by atoms with van der Waals surface area (Å²) in [6, 6.07) is 14.5. The molecule has 0 radical (unpaired) electrons. The van der Waals surface area contributed by atoms with Crippen molar-refractivity contribution in [3.8, 4) is 0 Å². The van der Waals surface area contributed by atoms with Crippen molar-refractivity contribution in [2.45, 2.75) is 25.7 Å². The molecule has 2 aromatic carbocycles. The summed E-state index contributed by atoms with van der Waals surface area (Å²) in [7, 11) is 0. The number of aryl methyl sites for hydroxylation is 1. The highest BCUT2D eigenvalue weighted by Crippen LogP contribution is 2.20. The van der Waals surface area contributed by atoms with E-state index in [1.807, 2.05) is 12.1 Å². The van der Waals surface area contributed by atoms with E-state index >= 15 is 0 Å². The third-order valence-corrected chi connectivity index (χ3v) is 4.64. The molecule has 2 aromatic rings. The maximum atomic E-state index is 12.3. The number of carboxylic acid groups (broad SMARTS) is 1. The number of carbonyl (C=O) groups excluding carboxylic acids is 1. The first-order valence-electron chi connectivity index (χ1n) is 8.12. The van der Waals surface area contributed by atoms with Crippen LogP contribution in [0, 0.1) is 5.92 Å². The number of nitrogens with zero attached hydrogens (tertiary/aromatic N) is 1. The van der Waals surface area contributed by atoms with Gasteiger partial charge in [0.15, 0.2) is 0 Å². The molecule has 0 spiro atoms. The van der Waals surface area contributed by atoms with Gasteiger partial charge in [-0.05, 0) is 35.6 Å². The summed E-state index contributed by atoms with van der Waals surface area (Å²) >= 11 is 0. The Labute approximate surface area is 135 Å². The standard InChI is InChI=1S/C19H21NO3/c21-18(20-11-9-16(10-12-20)19(22)23)8-6-14-5-7-15-3-1-2-4-17(15)13-14/h1-5,7,13,16H,6,8-12H2,(H,22,23). The monoisotopic (exact) mass is 311 g/mol. The summed E-state index contributed by atoms with van der Waals surface area (Å²) in [5, 5.41) is 11.4. The van der Waals surface area contributed by atoms with Crippen molar-refractivity contribution in [2.24, 2.45) is 5.92 Å². The van der Waals surface area contributed by atoms with Gasteiger partial charge in [-0.2, -0.15) is 0 Å². The first-order valence-corrected chi connectivity index (χ1v) is 8.12. The summed E-state index contributed by atoms with van der Waals surface area (Å²) in [5.74, 6) is -0.908. The molecule has 23 heavy (non-hydrogen) atoms. The molecule has 1 fully saturated rings. The predicted molar refractivity (Wildman–Crippen MR) is 89.2 cm³/mol. The van der Waals surface area contributed by atoms with Gasteiger partial charge < -0.3 is 10.0 Å². The molecule has 120 valence electrons. The Morgan fingerprint density at radius 1 is 1.04 bits per heavy atom. The average molecular weight is 311 g/mol. The molecule has 0 bridgehead atoms. The van der Waals surface area contributed by atoms with E-state index in [-0.39, 0.29) is 11.8 Å². The number of amides is 1. The van der Waals surface area contributed by atoms with E-state index in [0.717, 1.165) is 12.0 Å². The average Bonchev–Trinajstić information content (AvgIpc) is 2.59. The summed E-state index contributed by atoms with van der Waals surface area (Å²) in [5.41, 5.74) is 1.16. The molecular formula is C19H21NO3. The van der Waals surface area contributed by atoms with Crippen LogP contribution in [-0.2, 0) is 16.0 Å². The molecular weight excluding hydrogens is 290 g/mol. The van der Waals surface area contributed by atoms with Gasteiger partial charge in [-0.1, -0.05) is 42.5 Å². The third kappa shape index (κ3) is 3.70. The van der Waals surface area contributed by atoms with Gasteiger partial charge in [0.1, 0.15) is 0 Å². The van der Waals surface area contributed by atoms with Crippen LogP contribution in [0.5, 0.6) is 0 Å². The normalized spacial score (nSPS) is 15.7. The number of carboxylic acids is 1. The van der Waals surface area contributed by atoms with Gasteiger partial charge in [0.05, 0.1) is 5.92 Å². The van der Waals surface area contributed by atoms with E-state index in [4.69, 9.17) is 5.11 Å². The lowest BCUT2D eigenvalue weighted by molar-refractivity contribution is -0.145. The Morgan fingerprint density at radius 3 is 2.43 bits per heavy atom. The van der Waals surface area contributed by atoms with Gasteiger partial charge in [0.2, 0.25) is 5.91 Å². The summed E-state index contributed by atoms with van der Waals surface area (Å²) in [6.07, 6.45) is 2.34. The van der Waals surface area contributed by atoms with E-state index in [1.165, 1.54) is 10.8 Å². The molecule has 0 atom stereocenters. The second kappa shape index (κ2) is 6.82. The lowest BCUT2D eigenvalue weighted by Crippen LogP contribution is -2.40. The Bertz CT molecular complexity index is 717. The van der Waals surface area contributed by atoms with Crippen molar-refractivity contribution < 1.29 is 14.7 Å². The Balaban J connectivity index is 1.55. The fraction of sp³-hybridized carbons (Fsp3) is 0.368. The van der Waals surface area contributed by atoms with Crippen LogP contribution in [-0.4, -0.2) is 35.0 Å². The number of rotatable bonds is 4. The number of hydrogen-bond donors (Lipinski definition) is 1. The molecule has 1 saturated heterocycles. The molecule has 1 amide bonds. The molecule has 1 aliphatic heterocycles. The maximum absolute atomic E-state index is 12.3. The molecule has 1 aliphatic rings. The van der Waals surface area contributed by atoms with Crippen molar-refractivity contribution in [3.63, 3.8) is 0 Å². The minimum atomic E-state index is -0.742. The van der Waals surface area contributed by atoms with E-state index < -0.39 is 5.97 Å². The summed E-state index contributed by atoms with van der Waals surface area (Å²) < 4.78 is 0. The van der Waals surface area contributed by atoms with Crippen LogP contribution in [0.25, 0.3) is 10.8 Å². The number of aliphatic carboxylic acids is 1. The number of piperidine rings is 1. The third-order valence-electron chi connectivity index (χ3n) is 4.64. The zero-order chi connectivity index (χ0) is 16.2. The number of fused-ring (bicyclic) bond motifs is 1. The van der Waals surface area contributed by atoms with Gasteiger partial charge in [-0.15, -0.1) is 0 Å². The van der Waals surface area contributed by atoms with Crippen molar-refractivity contribution in [3.05, 3.63) is 48.0 Å². The Hall–Kier alpha value is -2.36. The highest BCUT2D eigenvalue weighted by atomic mass is 16.4. The molecule has 1 N–H and O–H groups in total. The molecule has 1 heterocycles. The van der Waals surface area contributed by atoms with Gasteiger partial charge in [-0.3, -0.25) is 9.59 Å². The van der Waals surface area contributed by atoms with Crippen LogP contribution in [0.3, 0.4) is 0 Å². The molecule has 0 unspecified atom stereocenters. The van der Waals surface area contributed by atoms with Gasteiger partial charge in [-0.25, -0.2) is 0 Å². The zero-order valence-electron chi connectivity index (χ0n) is 13.1. The number of carbonyl (C=O) groups is 2. The van der Waals surface area contributed by atoms with E-state index in [9.17, 15) is 9.59 Å². The first kappa shape index (κ1) is 15.5. The fourth-order valence-electron chi connectivity index (χ4n) is 3.18. The predicted octanol–water partition coefficient (Wildman–Crippen LogP) is 3.10. The Morgan fingerprint density at radius 2 is 1.74 bits per heavy atom. The minimum Gasteiger partial charge on any atom is -0.481 e. The van der Waals surface area contributed by atoms with E-state index in [0.29, 0.717) is 32.4 Å². The van der Waals surface area contributed by atoms with Crippen molar-refractivity contribution in [1.82, 2.24) is 4.90 Å². The molecule has 0 aliphatic carbocycles. The lowest BCUT2D eigenvalue weighted by Gasteiger charge is -2.30. The van der Waals surface area contributed by atoms with Crippen LogP contribution >= 0.6 is 0 Å². The van der Waals surface area contributed by atoms with Crippen molar-refractivity contribution >= 4 is 22.6 Å². The summed E-state index contributed by atoms with van der Waals surface area (Å²) in [6.45, 7) is 1.13. The largest absolute Gasteiger partial charge is 0.481 e. The number of hydrogen-bond acceptors (Lipinski definition) is 2. The number of benzene rings is 2. The first-order chi connectivity index (χ1) is 11.1. The topological polar surface area (TPSA) is 57.6 Å². The number of likely N-dealkylation sites (tertiary alicyclic amines) is 1.